The van der Waals surface area contributed by atoms with E-state index in [-0.39, 0.29) is 5.82 Å². The highest BCUT2D eigenvalue weighted by Crippen LogP contribution is 2.50. The van der Waals surface area contributed by atoms with Crippen molar-refractivity contribution in [1.82, 2.24) is 39.4 Å². The molecule has 2 aliphatic rings. The summed E-state index contributed by atoms with van der Waals surface area (Å²) in [7, 11) is 0. The second-order valence-electron chi connectivity index (χ2n) is 12.5. The van der Waals surface area contributed by atoms with Gasteiger partial charge in [0.15, 0.2) is 11.5 Å². The summed E-state index contributed by atoms with van der Waals surface area (Å²) in [6.45, 7) is 3.05. The molecule has 1 spiro atoms. The number of nitrogens with two attached hydrogens (primary N) is 1. The van der Waals surface area contributed by atoms with Crippen molar-refractivity contribution in [1.29, 1.82) is 5.26 Å². The predicted molar refractivity (Wildman–Crippen MR) is 180 cm³/mol. The fourth-order valence-corrected chi connectivity index (χ4v) is 7.05. The van der Waals surface area contributed by atoms with E-state index in [0.29, 0.717) is 29.0 Å². The maximum Gasteiger partial charge on any atom is 0.236 e. The van der Waals surface area contributed by atoms with Crippen LogP contribution in [0.25, 0.3) is 39.5 Å². The number of rotatable bonds is 7. The number of nitrogens with one attached hydrogen (secondary N) is 1. The average molecular weight is 620 g/mol. The summed E-state index contributed by atoms with van der Waals surface area (Å²) in [4.78, 5) is 29.1. The Bertz CT molecular complexity index is 2080. The van der Waals surface area contributed by atoms with Crippen LogP contribution < -0.4 is 11.1 Å². The maximum absolute atomic E-state index is 9.05. The number of nitrogen functional groups attached to an aromatic ring is 1. The van der Waals surface area contributed by atoms with Gasteiger partial charge in [-0.2, -0.15) is 10.2 Å². The zero-order chi connectivity index (χ0) is 31.8. The van der Waals surface area contributed by atoms with Crippen LogP contribution in [-0.2, 0) is 6.54 Å². The Balaban J connectivity index is 0.983. The fraction of sp³-hybridized carbons (Fsp3) is 0.250. The van der Waals surface area contributed by atoms with Gasteiger partial charge in [0, 0.05) is 30.0 Å². The molecule has 0 bridgehead atoms. The van der Waals surface area contributed by atoms with Gasteiger partial charge in [0.25, 0.3) is 0 Å². The van der Waals surface area contributed by atoms with E-state index in [1.807, 2.05) is 48.5 Å². The monoisotopic (exact) mass is 619 g/mol. The fourth-order valence-electron chi connectivity index (χ4n) is 7.05. The summed E-state index contributed by atoms with van der Waals surface area (Å²) in [5.74, 6) is 1.78. The summed E-state index contributed by atoms with van der Waals surface area (Å²) in [5, 5.41) is 12.4. The number of hydrogen-bond acceptors (Lipinski definition) is 10. The van der Waals surface area contributed by atoms with Gasteiger partial charge in [-0.25, -0.2) is 24.9 Å². The second-order valence-corrected chi connectivity index (χ2v) is 12.5. The molecule has 1 aliphatic heterocycles. The van der Waals surface area contributed by atoms with Crippen molar-refractivity contribution < 1.29 is 0 Å². The lowest BCUT2D eigenvalue weighted by Crippen LogP contribution is -2.51. The minimum atomic E-state index is 0.142. The molecule has 0 radical (unpaired) electrons. The number of likely N-dealkylation sites (tertiary alicyclic amines) is 1. The van der Waals surface area contributed by atoms with Gasteiger partial charge in [-0.15, -0.1) is 0 Å². The Morgan fingerprint density at radius 3 is 2.45 bits per heavy atom. The van der Waals surface area contributed by atoms with Crippen LogP contribution in [-0.4, -0.2) is 58.5 Å². The molecule has 2 aromatic carbocycles. The van der Waals surface area contributed by atoms with Gasteiger partial charge in [0.05, 0.1) is 11.3 Å². The highest BCUT2D eigenvalue weighted by atomic mass is 15.2. The van der Waals surface area contributed by atoms with Crippen LogP contribution >= 0.6 is 0 Å². The van der Waals surface area contributed by atoms with E-state index >= 15 is 0 Å². The molecule has 232 valence electrons. The van der Waals surface area contributed by atoms with Crippen molar-refractivity contribution in [3.8, 4) is 34.4 Å². The van der Waals surface area contributed by atoms with E-state index in [9.17, 15) is 0 Å². The Morgan fingerprint density at radius 2 is 1.68 bits per heavy atom. The lowest BCUT2D eigenvalue weighted by atomic mass is 9.60. The minimum absolute atomic E-state index is 0.142. The molecule has 47 heavy (non-hydrogen) atoms. The molecule has 1 aliphatic carbocycles. The first kappa shape index (κ1) is 28.7. The van der Waals surface area contributed by atoms with Crippen LogP contribution in [0.15, 0.2) is 91.4 Å². The molecule has 0 amide bonds. The predicted octanol–water partition coefficient (Wildman–Crippen LogP) is 5.65. The summed E-state index contributed by atoms with van der Waals surface area (Å²) >= 11 is 0. The molecule has 1 saturated carbocycles. The van der Waals surface area contributed by atoms with Crippen molar-refractivity contribution in [2.75, 3.05) is 24.1 Å². The molecule has 3 N–H and O–H groups in total. The third-order valence-corrected chi connectivity index (χ3v) is 9.53. The summed E-state index contributed by atoms with van der Waals surface area (Å²) in [6, 6.07) is 29.1. The normalized spacial score (nSPS) is 16.1. The zero-order valence-corrected chi connectivity index (χ0v) is 25.8. The number of pyridine rings is 2. The number of aromatic nitrogens is 7. The highest BCUT2D eigenvalue weighted by molar-refractivity contribution is 5.84. The number of nitriles is 1. The topological polar surface area (TPSA) is 147 Å². The number of fused-ring (bicyclic) bond motifs is 1. The standard InChI is InChI=1S/C36H33N11/c37-21-31-40-23-41-35(45-31)42-26-19-36(20-26)14-17-46(18-15-36)22-24-8-10-27(11-9-24)47-33(28-7-4-16-39-32(28)38)44-30-13-12-29(43-34(30)47)25-5-2-1-3-6-25/h1-13,16,23,26H,14-15,17-20,22H2,(H2,38,39)(H,40,41,42,45). The summed E-state index contributed by atoms with van der Waals surface area (Å²) in [5.41, 5.74) is 13.2. The van der Waals surface area contributed by atoms with E-state index in [1.54, 1.807) is 6.20 Å². The van der Waals surface area contributed by atoms with Crippen molar-refractivity contribution in [2.24, 2.45) is 5.41 Å². The largest absolute Gasteiger partial charge is 0.383 e. The Morgan fingerprint density at radius 1 is 0.872 bits per heavy atom. The Hall–Kier alpha value is -5.73. The Kier molecular flexibility index (Phi) is 7.27. The van der Waals surface area contributed by atoms with E-state index in [4.69, 9.17) is 21.0 Å². The van der Waals surface area contributed by atoms with E-state index in [1.165, 1.54) is 24.7 Å². The van der Waals surface area contributed by atoms with Crippen LogP contribution in [0.5, 0.6) is 0 Å². The first-order valence-corrected chi connectivity index (χ1v) is 15.9. The SMILES string of the molecule is N#Cc1ncnc(NC2CC3(CCN(Cc4ccc(-n5c(-c6cccnc6N)nc6ccc(-c7ccccc7)nc65)cc4)CC3)C2)n1. The van der Waals surface area contributed by atoms with Gasteiger partial charge >= 0.3 is 0 Å². The van der Waals surface area contributed by atoms with Gasteiger partial charge in [0.1, 0.15) is 23.7 Å². The Labute approximate surface area is 272 Å². The molecule has 8 rings (SSSR count). The molecular weight excluding hydrogens is 586 g/mol. The van der Waals surface area contributed by atoms with E-state index < -0.39 is 0 Å². The molecule has 6 aromatic rings. The number of hydrogen-bond donors (Lipinski definition) is 2. The molecule has 2 fully saturated rings. The minimum Gasteiger partial charge on any atom is -0.383 e. The van der Waals surface area contributed by atoms with Crippen molar-refractivity contribution >= 4 is 22.9 Å². The van der Waals surface area contributed by atoms with E-state index in [0.717, 1.165) is 66.1 Å². The lowest BCUT2D eigenvalue weighted by molar-refractivity contribution is 0.0209. The second kappa shape index (κ2) is 11.9. The first-order chi connectivity index (χ1) is 23.1. The highest BCUT2D eigenvalue weighted by Gasteiger charge is 2.46. The molecule has 11 nitrogen and oxygen atoms in total. The van der Waals surface area contributed by atoms with Crippen LogP contribution in [0.2, 0.25) is 0 Å². The number of benzene rings is 2. The van der Waals surface area contributed by atoms with Gasteiger partial charge < -0.3 is 11.1 Å². The number of nitrogens with zero attached hydrogens (tertiary/aromatic N) is 9. The van der Waals surface area contributed by atoms with Crippen molar-refractivity contribution in [3.05, 3.63) is 103 Å². The van der Waals surface area contributed by atoms with Crippen LogP contribution in [0, 0.1) is 16.7 Å². The van der Waals surface area contributed by atoms with Crippen LogP contribution in [0.4, 0.5) is 11.8 Å². The summed E-state index contributed by atoms with van der Waals surface area (Å²) in [6.07, 6.45) is 7.64. The lowest BCUT2D eigenvalue weighted by Gasteiger charge is -2.52. The number of imidazole rings is 1. The molecule has 0 atom stereocenters. The molecule has 1 saturated heterocycles. The number of anilines is 2. The summed E-state index contributed by atoms with van der Waals surface area (Å²) < 4.78 is 2.09. The smallest absolute Gasteiger partial charge is 0.236 e. The molecule has 0 unspecified atom stereocenters. The van der Waals surface area contributed by atoms with Crippen LogP contribution in [0.1, 0.15) is 37.1 Å². The zero-order valence-electron chi connectivity index (χ0n) is 25.8. The third-order valence-electron chi connectivity index (χ3n) is 9.53. The van der Waals surface area contributed by atoms with Gasteiger partial charge in [0.2, 0.25) is 11.8 Å². The van der Waals surface area contributed by atoms with Gasteiger partial charge in [-0.1, -0.05) is 42.5 Å². The van der Waals surface area contributed by atoms with Gasteiger partial charge in [-0.3, -0.25) is 9.47 Å². The van der Waals surface area contributed by atoms with Gasteiger partial charge in [-0.05, 0) is 86.1 Å². The molecule has 5 heterocycles. The maximum atomic E-state index is 9.05. The number of piperidine rings is 1. The molecular formula is C36H33N11. The first-order valence-electron chi connectivity index (χ1n) is 15.9. The van der Waals surface area contributed by atoms with Crippen molar-refractivity contribution in [3.63, 3.8) is 0 Å². The van der Waals surface area contributed by atoms with Crippen molar-refractivity contribution in [2.45, 2.75) is 38.3 Å². The average Bonchev–Trinajstić information content (AvgIpc) is 3.48. The van der Waals surface area contributed by atoms with E-state index in [2.05, 4.69) is 71.1 Å². The molecule has 11 heteroatoms. The third kappa shape index (κ3) is 5.64. The molecule has 4 aromatic heterocycles. The van der Waals surface area contributed by atoms with Crippen LogP contribution in [0.3, 0.4) is 0 Å². The quantitative estimate of drug-likeness (QED) is 0.230.